The molecule has 6 aromatic rings. The lowest BCUT2D eigenvalue weighted by Crippen LogP contribution is -2.56. The molecule has 3 unspecified atom stereocenters. The number of anilines is 2. The number of esters is 1. The van der Waals surface area contributed by atoms with E-state index in [0.29, 0.717) is 80.5 Å². The number of benzene rings is 3. The van der Waals surface area contributed by atoms with Crippen molar-refractivity contribution < 1.29 is 28.9 Å². The molecule has 8 heterocycles. The largest absolute Gasteiger partial charge is 0.493 e. The first-order valence-corrected chi connectivity index (χ1v) is 25.7. The van der Waals surface area contributed by atoms with Crippen LogP contribution in [0, 0.1) is 18.3 Å². The zero-order valence-electron chi connectivity index (χ0n) is 42.1. The Labute approximate surface area is 424 Å². The van der Waals surface area contributed by atoms with E-state index in [1.807, 2.05) is 18.2 Å². The van der Waals surface area contributed by atoms with Gasteiger partial charge in [0.2, 0.25) is 5.91 Å². The van der Waals surface area contributed by atoms with Crippen LogP contribution in [0.5, 0.6) is 11.8 Å². The lowest BCUT2D eigenvalue weighted by Gasteiger charge is -2.42. The Morgan fingerprint density at radius 3 is 2.58 bits per heavy atom. The van der Waals surface area contributed by atoms with Crippen LogP contribution in [0.25, 0.3) is 33.1 Å². The summed E-state index contributed by atoms with van der Waals surface area (Å²) in [5.74, 6) is 0.463. The van der Waals surface area contributed by atoms with E-state index in [0.717, 1.165) is 71.5 Å². The summed E-state index contributed by atoms with van der Waals surface area (Å²) in [6.07, 6.45) is 4.09. The zero-order chi connectivity index (χ0) is 50.7. The summed E-state index contributed by atoms with van der Waals surface area (Å²) in [5.41, 5.74) is 7.04. The molecule has 2 saturated heterocycles. The minimum atomic E-state index is -1.90. The van der Waals surface area contributed by atoms with Crippen LogP contribution in [0.4, 0.5) is 11.5 Å². The molecule has 2 fully saturated rings. The number of hydrogen-bond acceptors (Lipinski definition) is 14. The van der Waals surface area contributed by atoms with Gasteiger partial charge in [0.05, 0.1) is 66.4 Å². The summed E-state index contributed by atoms with van der Waals surface area (Å²) in [4.78, 5) is 64.7. The quantitative estimate of drug-likeness (QED) is 0.0933. The van der Waals surface area contributed by atoms with Crippen molar-refractivity contribution >= 4 is 45.1 Å². The molecule has 5 aliphatic rings. The predicted molar refractivity (Wildman–Crippen MR) is 278 cm³/mol. The van der Waals surface area contributed by atoms with Crippen molar-refractivity contribution in [1.29, 1.82) is 5.26 Å². The first-order valence-electron chi connectivity index (χ1n) is 25.7. The van der Waals surface area contributed by atoms with Crippen LogP contribution in [0.2, 0.25) is 0 Å². The Morgan fingerprint density at radius 1 is 0.959 bits per heavy atom. The van der Waals surface area contributed by atoms with Crippen molar-refractivity contribution in [2.24, 2.45) is 0 Å². The van der Waals surface area contributed by atoms with Crippen LogP contribution < -0.4 is 24.8 Å². The highest BCUT2D eigenvalue weighted by Crippen LogP contribution is 2.42. The van der Waals surface area contributed by atoms with Crippen molar-refractivity contribution in [2.75, 3.05) is 62.8 Å². The Balaban J connectivity index is 0.786. The number of aryl methyl sites for hydroxylation is 2. The summed E-state index contributed by atoms with van der Waals surface area (Å²) in [7, 11) is 2.13. The van der Waals surface area contributed by atoms with Crippen LogP contribution in [0.1, 0.15) is 85.0 Å². The fourth-order valence-electron chi connectivity index (χ4n) is 11.9. The minimum absolute atomic E-state index is 0.0687. The van der Waals surface area contributed by atoms with Gasteiger partial charge in [-0.05, 0) is 99.5 Å². The standard InChI is InChI=1S/C57H61N9O7/c1-6-40-42-27-39(16-17-46(42)59-51-43(40)30-66-49(51)28-45-44(54(66)68)33-72-55(69)57(45,70)7-2)71-26-20-35(4)53(67)65-25-24-64(29-37(65)18-21-58)52-41-19-23-63(48-15-9-13-36-12-8-11-34(3)50(36)48)31-47(41)60-56(61-52)73-32-38-14-10-22-62(38)5/h8-9,11-13,15-17,27-28,37-38,70H,4,6-7,10,14,18-20,22-26,29-33H2,1-3,5H3. The van der Waals surface area contributed by atoms with E-state index in [9.17, 15) is 24.8 Å². The fraction of sp³-hybridized carbons (Fsp3) is 0.421. The number of nitriles is 1. The molecule has 0 saturated carbocycles. The number of aromatic nitrogens is 4. The van der Waals surface area contributed by atoms with Crippen molar-refractivity contribution in [1.82, 2.24) is 29.3 Å². The highest BCUT2D eigenvalue weighted by molar-refractivity contribution is 5.97. The summed E-state index contributed by atoms with van der Waals surface area (Å²) >= 11 is 0. The van der Waals surface area contributed by atoms with E-state index >= 15 is 0 Å². The number of carbonyl (C=O) groups is 2. The molecule has 16 nitrogen and oxygen atoms in total. The lowest BCUT2D eigenvalue weighted by atomic mass is 9.86. The van der Waals surface area contributed by atoms with Gasteiger partial charge in [0.25, 0.3) is 5.56 Å². The number of nitrogens with zero attached hydrogens (tertiary/aromatic N) is 9. The third-order valence-electron chi connectivity index (χ3n) is 16.0. The number of ether oxygens (including phenoxy) is 3. The number of pyridine rings is 2. The summed E-state index contributed by atoms with van der Waals surface area (Å²) in [5, 5.41) is 24.8. The maximum absolute atomic E-state index is 14.2. The number of amides is 1. The Bertz CT molecular complexity index is 3340. The molecule has 0 spiro atoms. The molecule has 1 amide bonds. The van der Waals surface area contributed by atoms with E-state index in [2.05, 4.69) is 84.6 Å². The van der Waals surface area contributed by atoms with E-state index < -0.39 is 17.6 Å². The molecule has 1 N–H and O–H groups in total. The lowest BCUT2D eigenvalue weighted by molar-refractivity contribution is -0.172. The van der Waals surface area contributed by atoms with Crippen LogP contribution in [0.3, 0.4) is 0 Å². The number of rotatable bonds is 13. The normalized spacial score (nSPS) is 20.3. The molecular weight excluding hydrogens is 923 g/mol. The van der Waals surface area contributed by atoms with Gasteiger partial charge in [-0.25, -0.2) is 9.78 Å². The van der Waals surface area contributed by atoms with Crippen molar-refractivity contribution in [2.45, 2.75) is 103 Å². The van der Waals surface area contributed by atoms with Gasteiger partial charge in [-0.2, -0.15) is 15.2 Å². The van der Waals surface area contributed by atoms with Gasteiger partial charge in [-0.15, -0.1) is 0 Å². The number of likely N-dealkylation sites (tertiary alicyclic amines) is 1. The molecule has 3 atom stereocenters. The average molecular weight is 984 g/mol. The van der Waals surface area contributed by atoms with E-state index in [1.54, 1.807) is 22.5 Å². The third-order valence-corrected chi connectivity index (χ3v) is 16.0. The first kappa shape index (κ1) is 47.9. The van der Waals surface area contributed by atoms with Crippen molar-refractivity contribution in [3.63, 3.8) is 0 Å². The number of piperazine rings is 1. The Hall–Kier alpha value is -7.35. The number of fused-ring (bicyclic) bond motifs is 7. The molecule has 3 aromatic carbocycles. The number of likely N-dealkylation sites (N-methyl/N-ethyl adjacent to an activating group) is 1. The highest BCUT2D eigenvalue weighted by atomic mass is 16.6. The molecule has 0 bridgehead atoms. The van der Waals surface area contributed by atoms with Gasteiger partial charge in [0, 0.05) is 77.4 Å². The number of hydrogen-bond donors (Lipinski definition) is 1. The molecule has 11 rings (SSSR count). The third kappa shape index (κ3) is 8.42. The van der Waals surface area contributed by atoms with E-state index in [-0.39, 0.29) is 55.1 Å². The number of cyclic esters (lactones) is 1. The molecule has 376 valence electrons. The zero-order valence-corrected chi connectivity index (χ0v) is 42.1. The second-order valence-corrected chi connectivity index (χ2v) is 20.2. The highest BCUT2D eigenvalue weighted by Gasteiger charge is 2.46. The van der Waals surface area contributed by atoms with Gasteiger partial charge < -0.3 is 43.5 Å². The topological polar surface area (TPSA) is 179 Å². The monoisotopic (exact) mass is 983 g/mol. The van der Waals surface area contributed by atoms with Gasteiger partial charge in [0.15, 0.2) is 5.60 Å². The van der Waals surface area contributed by atoms with Gasteiger partial charge in [-0.3, -0.25) is 9.59 Å². The molecule has 0 radical (unpaired) electrons. The Morgan fingerprint density at radius 2 is 1.79 bits per heavy atom. The predicted octanol–water partition coefficient (Wildman–Crippen LogP) is 6.89. The van der Waals surface area contributed by atoms with Gasteiger partial charge >= 0.3 is 12.0 Å². The number of carbonyl (C=O) groups excluding carboxylic acids is 2. The number of aliphatic hydroxyl groups is 1. The molecular formula is C57H61N9O7. The minimum Gasteiger partial charge on any atom is -0.493 e. The second kappa shape index (κ2) is 19.2. The van der Waals surface area contributed by atoms with Gasteiger partial charge in [0.1, 0.15) is 24.8 Å². The average Bonchev–Trinajstić information content (AvgIpc) is 4.00. The van der Waals surface area contributed by atoms with E-state index in [4.69, 9.17) is 29.2 Å². The fourth-order valence-corrected chi connectivity index (χ4v) is 11.9. The van der Waals surface area contributed by atoms with Crippen LogP contribution in [-0.4, -0.2) is 111 Å². The van der Waals surface area contributed by atoms with E-state index in [1.165, 1.54) is 22.0 Å². The van der Waals surface area contributed by atoms with Crippen molar-refractivity contribution in [3.05, 3.63) is 122 Å². The van der Waals surface area contributed by atoms with Crippen molar-refractivity contribution in [3.8, 4) is 29.2 Å². The van der Waals surface area contributed by atoms with Crippen LogP contribution in [-0.2, 0) is 52.5 Å². The summed E-state index contributed by atoms with van der Waals surface area (Å²) in [6.45, 7) is 14.7. The smallest absolute Gasteiger partial charge is 0.343 e. The second-order valence-electron chi connectivity index (χ2n) is 20.2. The molecule has 0 aliphatic carbocycles. The summed E-state index contributed by atoms with van der Waals surface area (Å²) in [6, 6.07) is 22.9. The molecule has 16 heteroatoms. The molecule has 5 aliphatic heterocycles. The van der Waals surface area contributed by atoms with Crippen LogP contribution in [0.15, 0.2) is 77.6 Å². The molecule has 3 aromatic heterocycles. The Kier molecular flexibility index (Phi) is 12.6. The SMILES string of the molecule is C=C(CCOc1ccc2nc3c(c(CC)c2c1)Cn1c-3cc2c(c1=O)COC(=O)C2(O)CC)C(=O)N1CCN(c2nc(OCC3CCCN3C)nc3c2CCN(c2cccc4cccc(C)c24)C3)CC1CC#N. The maximum Gasteiger partial charge on any atom is 0.343 e. The van der Waals surface area contributed by atoms with Gasteiger partial charge in [-0.1, -0.05) is 50.8 Å². The molecule has 73 heavy (non-hydrogen) atoms. The summed E-state index contributed by atoms with van der Waals surface area (Å²) < 4.78 is 19.6. The van der Waals surface area contributed by atoms with Crippen LogP contribution >= 0.6 is 0 Å². The maximum atomic E-state index is 14.2. The first-order chi connectivity index (χ1) is 35.4.